The minimum atomic E-state index is 0.100. The van der Waals surface area contributed by atoms with Crippen molar-refractivity contribution in [3.8, 4) is 0 Å². The molecule has 3 heterocycles. The topological polar surface area (TPSA) is 37.6 Å². The summed E-state index contributed by atoms with van der Waals surface area (Å²) in [4.78, 5) is 20.3. The largest absolute Gasteiger partial charge is 0.337 e. The first-order valence-electron chi connectivity index (χ1n) is 7.91. The van der Waals surface area contributed by atoms with Crippen molar-refractivity contribution in [3.05, 3.63) is 58.4 Å². The minimum Gasteiger partial charge on any atom is -0.337 e. The first-order chi connectivity index (χ1) is 11.1. The van der Waals surface area contributed by atoms with E-state index in [0.29, 0.717) is 11.6 Å². The second-order valence-electron chi connectivity index (χ2n) is 6.25. The fourth-order valence-electron chi connectivity index (χ4n) is 3.36. The highest BCUT2D eigenvalue weighted by Crippen LogP contribution is 2.29. The highest BCUT2D eigenvalue weighted by atomic mass is 32.1. The van der Waals surface area contributed by atoms with Crippen LogP contribution in [0.2, 0.25) is 0 Å². The number of hydrogen-bond acceptors (Lipinski definition) is 3. The molecule has 1 unspecified atom stereocenters. The average molecular weight is 325 g/mol. The Morgan fingerprint density at radius 1 is 1.26 bits per heavy atom. The summed E-state index contributed by atoms with van der Waals surface area (Å²) in [5.41, 5.74) is 4.14. The molecule has 0 spiro atoms. The predicted octanol–water partition coefficient (Wildman–Crippen LogP) is 3.64. The first kappa shape index (κ1) is 14.5. The molecule has 1 amide bonds. The lowest BCUT2D eigenvalue weighted by Gasteiger charge is -2.17. The maximum atomic E-state index is 12.9. The molecule has 0 N–H and O–H groups in total. The zero-order valence-corrected chi connectivity index (χ0v) is 14.1. The second-order valence-corrected chi connectivity index (χ2v) is 7.12. The molecule has 1 aliphatic rings. The maximum absolute atomic E-state index is 12.9. The molecule has 0 bridgehead atoms. The third-order valence-corrected chi connectivity index (χ3v) is 5.42. The molecular formula is C18H19N3OS. The number of rotatable bonds is 2. The quantitative estimate of drug-likeness (QED) is 0.721. The molecule has 118 valence electrons. The molecule has 1 fully saturated rings. The number of imidazole rings is 1. The zero-order valence-electron chi connectivity index (χ0n) is 13.3. The Labute approximate surface area is 139 Å². The Hall–Kier alpha value is -2.14. The number of fused-ring (bicyclic) bond motifs is 1. The van der Waals surface area contributed by atoms with Gasteiger partial charge in [-0.25, -0.2) is 4.98 Å². The monoisotopic (exact) mass is 325 g/mol. The van der Waals surface area contributed by atoms with Crippen LogP contribution < -0.4 is 0 Å². The molecule has 3 aromatic rings. The SMILES string of the molecule is Cc1ccc(C2CCN(C(=O)c3c(C)nc4sccn34)C2)cc1. The third kappa shape index (κ3) is 2.45. The Morgan fingerprint density at radius 3 is 2.83 bits per heavy atom. The lowest BCUT2D eigenvalue weighted by molar-refractivity contribution is 0.0783. The van der Waals surface area contributed by atoms with Gasteiger partial charge >= 0.3 is 0 Å². The molecule has 2 aromatic heterocycles. The minimum absolute atomic E-state index is 0.100. The molecule has 1 aromatic carbocycles. The van der Waals surface area contributed by atoms with Crippen LogP contribution in [0.1, 0.15) is 39.6 Å². The van der Waals surface area contributed by atoms with Crippen molar-refractivity contribution in [1.82, 2.24) is 14.3 Å². The summed E-state index contributed by atoms with van der Waals surface area (Å²) in [5, 5.41) is 1.97. The van der Waals surface area contributed by atoms with Gasteiger partial charge in [0.15, 0.2) is 4.96 Å². The number of carbonyl (C=O) groups is 1. The van der Waals surface area contributed by atoms with E-state index in [-0.39, 0.29) is 5.91 Å². The van der Waals surface area contributed by atoms with Gasteiger partial charge in [-0.3, -0.25) is 9.20 Å². The van der Waals surface area contributed by atoms with Gasteiger partial charge in [0.1, 0.15) is 5.69 Å². The van der Waals surface area contributed by atoms with Crippen LogP contribution in [0.5, 0.6) is 0 Å². The molecule has 0 aliphatic carbocycles. The number of amides is 1. The van der Waals surface area contributed by atoms with Gasteiger partial charge in [0, 0.05) is 30.6 Å². The van der Waals surface area contributed by atoms with Gasteiger partial charge in [-0.2, -0.15) is 0 Å². The van der Waals surface area contributed by atoms with E-state index in [0.717, 1.165) is 30.2 Å². The third-order valence-electron chi connectivity index (χ3n) is 4.66. The standard InChI is InChI=1S/C18H19N3OS/c1-12-3-5-14(6-4-12)15-7-8-20(11-15)17(22)16-13(2)19-18-21(16)9-10-23-18/h3-6,9-10,15H,7-8,11H2,1-2H3. The molecule has 23 heavy (non-hydrogen) atoms. The number of nitrogens with zero attached hydrogens (tertiary/aromatic N) is 3. The molecule has 4 nitrogen and oxygen atoms in total. The van der Waals surface area contributed by atoms with Crippen LogP contribution in [-0.4, -0.2) is 33.3 Å². The molecule has 1 saturated heterocycles. The molecule has 1 aliphatic heterocycles. The Morgan fingerprint density at radius 2 is 2.04 bits per heavy atom. The number of carbonyl (C=O) groups excluding carboxylic acids is 1. The highest BCUT2D eigenvalue weighted by molar-refractivity contribution is 7.15. The van der Waals surface area contributed by atoms with Gasteiger partial charge in [0.2, 0.25) is 0 Å². The Balaban J connectivity index is 1.57. The van der Waals surface area contributed by atoms with Crippen molar-refractivity contribution in [2.24, 2.45) is 0 Å². The van der Waals surface area contributed by atoms with E-state index in [9.17, 15) is 4.79 Å². The molecule has 1 atom stereocenters. The van der Waals surface area contributed by atoms with Gasteiger partial charge in [-0.15, -0.1) is 11.3 Å². The molecular weight excluding hydrogens is 306 g/mol. The number of aromatic nitrogens is 2. The summed E-state index contributed by atoms with van der Waals surface area (Å²) >= 11 is 1.56. The number of hydrogen-bond donors (Lipinski definition) is 0. The van der Waals surface area contributed by atoms with Crippen LogP contribution in [0.15, 0.2) is 35.8 Å². The van der Waals surface area contributed by atoms with E-state index < -0.39 is 0 Å². The van der Waals surface area contributed by atoms with Gasteiger partial charge in [0.05, 0.1) is 5.69 Å². The van der Waals surface area contributed by atoms with Gasteiger partial charge in [-0.05, 0) is 25.8 Å². The van der Waals surface area contributed by atoms with Crippen molar-refractivity contribution in [2.45, 2.75) is 26.2 Å². The van der Waals surface area contributed by atoms with E-state index in [1.54, 1.807) is 11.3 Å². The summed E-state index contributed by atoms with van der Waals surface area (Å²) in [5.74, 6) is 0.536. The Bertz CT molecular complexity index is 862. The van der Waals surface area contributed by atoms with Crippen LogP contribution in [0.3, 0.4) is 0 Å². The maximum Gasteiger partial charge on any atom is 0.272 e. The normalized spacial score (nSPS) is 18.0. The van der Waals surface area contributed by atoms with Crippen molar-refractivity contribution < 1.29 is 4.79 Å². The number of aryl methyl sites for hydroxylation is 2. The van der Waals surface area contributed by atoms with E-state index in [4.69, 9.17) is 0 Å². The lowest BCUT2D eigenvalue weighted by atomic mass is 9.98. The second kappa shape index (κ2) is 5.49. The van der Waals surface area contributed by atoms with Crippen molar-refractivity contribution >= 4 is 22.2 Å². The molecule has 5 heteroatoms. The van der Waals surface area contributed by atoms with E-state index in [2.05, 4.69) is 36.2 Å². The summed E-state index contributed by atoms with van der Waals surface area (Å²) in [6, 6.07) is 8.68. The zero-order chi connectivity index (χ0) is 16.0. The molecule has 0 saturated carbocycles. The van der Waals surface area contributed by atoms with Crippen LogP contribution in [0, 0.1) is 13.8 Å². The predicted molar refractivity (Wildman–Crippen MR) is 92.2 cm³/mol. The van der Waals surface area contributed by atoms with E-state index in [1.807, 2.05) is 27.8 Å². The highest BCUT2D eigenvalue weighted by Gasteiger charge is 2.30. The lowest BCUT2D eigenvalue weighted by Crippen LogP contribution is -2.30. The average Bonchev–Trinajstić information content (AvgIpc) is 3.22. The summed E-state index contributed by atoms with van der Waals surface area (Å²) in [7, 11) is 0. The van der Waals surface area contributed by atoms with Crippen molar-refractivity contribution in [3.63, 3.8) is 0 Å². The van der Waals surface area contributed by atoms with Gasteiger partial charge in [0.25, 0.3) is 5.91 Å². The van der Waals surface area contributed by atoms with Crippen LogP contribution in [0.25, 0.3) is 4.96 Å². The number of benzene rings is 1. The van der Waals surface area contributed by atoms with Crippen LogP contribution in [0.4, 0.5) is 0 Å². The van der Waals surface area contributed by atoms with Crippen molar-refractivity contribution in [1.29, 1.82) is 0 Å². The van der Waals surface area contributed by atoms with Crippen LogP contribution >= 0.6 is 11.3 Å². The van der Waals surface area contributed by atoms with Gasteiger partial charge in [-0.1, -0.05) is 29.8 Å². The Kier molecular flexibility index (Phi) is 3.45. The summed E-state index contributed by atoms with van der Waals surface area (Å²) in [6.45, 7) is 5.62. The number of thiazole rings is 1. The van der Waals surface area contributed by atoms with E-state index >= 15 is 0 Å². The fourth-order valence-corrected chi connectivity index (χ4v) is 4.12. The van der Waals surface area contributed by atoms with Gasteiger partial charge < -0.3 is 4.90 Å². The van der Waals surface area contributed by atoms with Crippen molar-refractivity contribution in [2.75, 3.05) is 13.1 Å². The first-order valence-corrected chi connectivity index (χ1v) is 8.79. The van der Waals surface area contributed by atoms with E-state index in [1.165, 1.54) is 11.1 Å². The van der Waals surface area contributed by atoms with Crippen LogP contribution in [-0.2, 0) is 0 Å². The summed E-state index contributed by atoms with van der Waals surface area (Å²) < 4.78 is 1.92. The molecule has 4 rings (SSSR count). The molecule has 0 radical (unpaired) electrons. The smallest absolute Gasteiger partial charge is 0.272 e. The summed E-state index contributed by atoms with van der Waals surface area (Å²) in [6.07, 6.45) is 2.96. The number of likely N-dealkylation sites (tertiary alicyclic amines) is 1. The fraction of sp³-hybridized carbons (Fsp3) is 0.333.